The molecule has 1 unspecified atom stereocenters. The van der Waals surface area contributed by atoms with E-state index in [1.807, 2.05) is 0 Å². The Balaban J connectivity index is 4.04. The minimum Gasteiger partial charge on any atom is -0.460 e. The largest absolute Gasteiger partial charge is 0.460 e. The quantitative estimate of drug-likeness (QED) is 0.247. The number of halogens is 4. The zero-order chi connectivity index (χ0) is 17.9. The fourth-order valence-electron chi connectivity index (χ4n) is 1.57. The highest BCUT2D eigenvalue weighted by Gasteiger charge is 2.42. The van der Waals surface area contributed by atoms with Gasteiger partial charge in [0, 0.05) is 12.2 Å². The number of carbonyl (C=O) groups is 2. The minimum atomic E-state index is -4.42. The Hall–Kier alpha value is -1.60. The summed E-state index contributed by atoms with van der Waals surface area (Å²) in [6.07, 6.45) is 1.78. The van der Waals surface area contributed by atoms with Crippen molar-refractivity contribution in [2.24, 2.45) is 0 Å². The summed E-state index contributed by atoms with van der Waals surface area (Å²) in [6.45, 7) is 2.01. The van der Waals surface area contributed by atoms with E-state index in [4.69, 9.17) is 4.74 Å². The lowest BCUT2D eigenvalue weighted by Crippen LogP contribution is -2.33. The maximum atomic E-state index is 12.5. The van der Waals surface area contributed by atoms with Gasteiger partial charge in [-0.2, -0.15) is 8.78 Å². The SMILES string of the molecule is CCCCCCC(C)OC(=O)/C=C/C(=O)OCC(F)(F)C(F)F. The fraction of sp³-hybridized carbons (Fsp3) is 0.733. The summed E-state index contributed by atoms with van der Waals surface area (Å²) in [5.41, 5.74) is 0. The third-order valence-electron chi connectivity index (χ3n) is 2.86. The number of rotatable bonds is 11. The van der Waals surface area contributed by atoms with Crippen LogP contribution in [0.5, 0.6) is 0 Å². The van der Waals surface area contributed by atoms with Crippen molar-refractivity contribution in [3.63, 3.8) is 0 Å². The first-order valence-electron chi connectivity index (χ1n) is 7.40. The van der Waals surface area contributed by atoms with Gasteiger partial charge in [0.15, 0.2) is 6.61 Å². The Morgan fingerprint density at radius 1 is 1.09 bits per heavy atom. The van der Waals surface area contributed by atoms with Gasteiger partial charge >= 0.3 is 24.3 Å². The monoisotopic (exact) mass is 342 g/mol. The molecule has 0 amide bonds. The lowest BCUT2D eigenvalue weighted by Gasteiger charge is -2.14. The summed E-state index contributed by atoms with van der Waals surface area (Å²) in [5, 5.41) is 0. The molecular weight excluding hydrogens is 320 g/mol. The Bertz CT molecular complexity index is 397. The first-order chi connectivity index (χ1) is 10.7. The number of alkyl halides is 4. The molecule has 1 atom stereocenters. The van der Waals surface area contributed by atoms with Crippen LogP contribution in [-0.2, 0) is 19.1 Å². The van der Waals surface area contributed by atoms with E-state index < -0.39 is 30.9 Å². The minimum absolute atomic E-state index is 0.344. The average Bonchev–Trinajstić information content (AvgIpc) is 2.47. The molecule has 0 heterocycles. The van der Waals surface area contributed by atoms with Crippen LogP contribution in [0.4, 0.5) is 17.6 Å². The summed E-state index contributed by atoms with van der Waals surface area (Å²) in [6, 6.07) is 0. The third kappa shape index (κ3) is 10.7. The molecule has 0 aromatic carbocycles. The van der Waals surface area contributed by atoms with E-state index in [0.29, 0.717) is 18.6 Å². The van der Waals surface area contributed by atoms with Gasteiger partial charge in [-0.3, -0.25) is 0 Å². The Morgan fingerprint density at radius 3 is 2.26 bits per heavy atom. The van der Waals surface area contributed by atoms with E-state index in [2.05, 4.69) is 11.7 Å². The lowest BCUT2D eigenvalue weighted by atomic mass is 10.1. The molecule has 23 heavy (non-hydrogen) atoms. The van der Waals surface area contributed by atoms with E-state index in [-0.39, 0.29) is 6.10 Å². The molecule has 0 aliphatic heterocycles. The first-order valence-corrected chi connectivity index (χ1v) is 7.40. The Labute approximate surface area is 132 Å². The van der Waals surface area contributed by atoms with Crippen LogP contribution < -0.4 is 0 Å². The molecule has 0 saturated heterocycles. The van der Waals surface area contributed by atoms with E-state index >= 15 is 0 Å². The molecule has 0 aliphatic rings. The van der Waals surface area contributed by atoms with E-state index in [1.165, 1.54) is 0 Å². The van der Waals surface area contributed by atoms with Crippen molar-refractivity contribution < 1.29 is 36.6 Å². The average molecular weight is 342 g/mol. The maximum absolute atomic E-state index is 12.5. The van der Waals surface area contributed by atoms with Gasteiger partial charge in [0.2, 0.25) is 0 Å². The molecule has 0 fully saturated rings. The molecule has 0 rings (SSSR count). The van der Waals surface area contributed by atoms with E-state index in [9.17, 15) is 27.2 Å². The van der Waals surface area contributed by atoms with Crippen molar-refractivity contribution in [1.29, 1.82) is 0 Å². The molecule has 4 nitrogen and oxygen atoms in total. The number of unbranched alkanes of at least 4 members (excludes halogenated alkanes) is 3. The van der Waals surface area contributed by atoms with Crippen molar-refractivity contribution in [2.75, 3.05) is 6.61 Å². The van der Waals surface area contributed by atoms with Crippen LogP contribution in [0.3, 0.4) is 0 Å². The van der Waals surface area contributed by atoms with Crippen LogP contribution in [0.2, 0.25) is 0 Å². The van der Waals surface area contributed by atoms with E-state index in [0.717, 1.165) is 25.7 Å². The Morgan fingerprint density at radius 2 is 1.70 bits per heavy atom. The van der Waals surface area contributed by atoms with Crippen molar-refractivity contribution in [3.05, 3.63) is 12.2 Å². The van der Waals surface area contributed by atoms with Crippen LogP contribution in [0, 0.1) is 0 Å². The smallest absolute Gasteiger partial charge is 0.340 e. The van der Waals surface area contributed by atoms with Gasteiger partial charge in [-0.15, -0.1) is 0 Å². The van der Waals surface area contributed by atoms with Gasteiger partial charge in [-0.25, -0.2) is 18.4 Å². The number of carbonyl (C=O) groups excluding carboxylic acids is 2. The Kier molecular flexibility index (Phi) is 10.2. The topological polar surface area (TPSA) is 52.6 Å². The van der Waals surface area contributed by atoms with Crippen LogP contribution in [0.25, 0.3) is 0 Å². The highest BCUT2D eigenvalue weighted by molar-refractivity contribution is 5.91. The summed E-state index contributed by atoms with van der Waals surface area (Å²) in [4.78, 5) is 22.4. The van der Waals surface area contributed by atoms with Gasteiger partial charge < -0.3 is 9.47 Å². The molecule has 0 aliphatic carbocycles. The first kappa shape index (κ1) is 21.4. The van der Waals surface area contributed by atoms with Crippen molar-refractivity contribution >= 4 is 11.9 Å². The number of ether oxygens (including phenoxy) is 2. The highest BCUT2D eigenvalue weighted by Crippen LogP contribution is 2.22. The molecule has 8 heteroatoms. The molecule has 0 bridgehead atoms. The van der Waals surface area contributed by atoms with Crippen molar-refractivity contribution in [1.82, 2.24) is 0 Å². The van der Waals surface area contributed by atoms with Crippen molar-refractivity contribution in [2.45, 2.75) is 64.4 Å². The normalized spacial score (nSPS) is 13.3. The van der Waals surface area contributed by atoms with Gasteiger partial charge in [0.05, 0.1) is 6.10 Å². The summed E-state index contributed by atoms with van der Waals surface area (Å²) < 4.78 is 57.6. The lowest BCUT2D eigenvalue weighted by molar-refractivity contribution is -0.176. The predicted octanol–water partition coefficient (Wildman–Crippen LogP) is 3.89. The van der Waals surface area contributed by atoms with Crippen LogP contribution in [-0.4, -0.2) is 37.0 Å². The van der Waals surface area contributed by atoms with Crippen molar-refractivity contribution in [3.8, 4) is 0 Å². The second-order valence-corrected chi connectivity index (χ2v) is 5.10. The molecule has 0 aromatic heterocycles. The number of hydrogen-bond donors (Lipinski definition) is 0. The zero-order valence-electron chi connectivity index (χ0n) is 13.2. The molecule has 0 spiro atoms. The molecular formula is C15H22F4O4. The highest BCUT2D eigenvalue weighted by atomic mass is 19.3. The molecule has 134 valence electrons. The van der Waals surface area contributed by atoms with Gasteiger partial charge in [-0.05, 0) is 19.8 Å². The second-order valence-electron chi connectivity index (χ2n) is 5.10. The number of esters is 2. The summed E-state index contributed by atoms with van der Waals surface area (Å²) in [7, 11) is 0. The van der Waals surface area contributed by atoms with Crippen LogP contribution in [0.1, 0.15) is 46.0 Å². The predicted molar refractivity (Wildman–Crippen MR) is 75.4 cm³/mol. The standard InChI is InChI=1S/C15H22F4O4/c1-3-4-5-6-7-11(2)23-13(21)9-8-12(20)22-10-15(18,19)14(16)17/h8-9,11,14H,3-7,10H2,1-2H3/b9-8+. The summed E-state index contributed by atoms with van der Waals surface area (Å²) >= 11 is 0. The van der Waals surface area contributed by atoms with Crippen LogP contribution in [0.15, 0.2) is 12.2 Å². The van der Waals surface area contributed by atoms with Gasteiger partial charge in [0.25, 0.3) is 0 Å². The maximum Gasteiger partial charge on any atom is 0.340 e. The molecule has 0 N–H and O–H groups in total. The third-order valence-corrected chi connectivity index (χ3v) is 2.86. The molecule has 0 radical (unpaired) electrons. The van der Waals surface area contributed by atoms with E-state index in [1.54, 1.807) is 6.92 Å². The summed E-state index contributed by atoms with van der Waals surface area (Å²) in [5.74, 6) is -6.57. The molecule has 0 saturated carbocycles. The zero-order valence-corrected chi connectivity index (χ0v) is 13.2. The second kappa shape index (κ2) is 11.0. The molecule has 0 aromatic rings. The fourth-order valence-corrected chi connectivity index (χ4v) is 1.57. The van der Waals surface area contributed by atoms with Gasteiger partial charge in [0.1, 0.15) is 0 Å². The van der Waals surface area contributed by atoms with Crippen LogP contribution >= 0.6 is 0 Å². The number of hydrogen-bond acceptors (Lipinski definition) is 4. The van der Waals surface area contributed by atoms with Gasteiger partial charge in [-0.1, -0.05) is 26.2 Å².